The van der Waals surface area contributed by atoms with Crippen LogP contribution in [0.2, 0.25) is 0 Å². The topological polar surface area (TPSA) is 72.1 Å². The van der Waals surface area contributed by atoms with Crippen LogP contribution in [0.25, 0.3) is 17.3 Å². The van der Waals surface area contributed by atoms with E-state index >= 15 is 0 Å². The predicted octanol–water partition coefficient (Wildman–Crippen LogP) is 5.01. The van der Waals surface area contributed by atoms with Crippen LogP contribution in [0.1, 0.15) is 45.9 Å². The van der Waals surface area contributed by atoms with Crippen molar-refractivity contribution in [3.05, 3.63) is 101 Å². The maximum Gasteiger partial charge on any atom is 0.273 e. The minimum absolute atomic E-state index is 0.0590. The van der Waals surface area contributed by atoms with E-state index in [-0.39, 0.29) is 11.1 Å². The van der Waals surface area contributed by atoms with Crippen LogP contribution in [0, 0.1) is 18.3 Å². The molecule has 5 nitrogen and oxygen atoms in total. The van der Waals surface area contributed by atoms with E-state index in [1.807, 2.05) is 44.2 Å². The fourth-order valence-corrected chi connectivity index (χ4v) is 5.84. The van der Waals surface area contributed by atoms with Gasteiger partial charge in [-0.2, -0.15) is 5.26 Å². The summed E-state index contributed by atoms with van der Waals surface area (Å²) in [5.41, 5.74) is 1.79. The molecule has 0 spiro atoms. The Kier molecular flexibility index (Phi) is 7.99. The van der Waals surface area contributed by atoms with Gasteiger partial charge in [0.1, 0.15) is 22.1 Å². The number of thiophene rings is 1. The maximum atomic E-state index is 13.6. The molecule has 0 saturated heterocycles. The first-order valence-corrected chi connectivity index (χ1v) is 13.4. The number of nitriles is 1. The summed E-state index contributed by atoms with van der Waals surface area (Å²) < 4.78 is 7.76. The lowest BCUT2D eigenvalue weighted by molar-refractivity contribution is 0.105. The van der Waals surface area contributed by atoms with Gasteiger partial charge in [-0.3, -0.25) is 14.2 Å². The van der Waals surface area contributed by atoms with E-state index in [4.69, 9.17) is 4.74 Å². The molecule has 0 bridgehead atoms. The molecule has 182 valence electrons. The molecule has 7 heteroatoms. The summed E-state index contributed by atoms with van der Waals surface area (Å²) in [6.45, 7) is 6.54. The van der Waals surface area contributed by atoms with Gasteiger partial charge >= 0.3 is 0 Å². The van der Waals surface area contributed by atoms with Gasteiger partial charge in [-0.1, -0.05) is 37.6 Å². The standard InChI is InChI=1S/C29H26N2O3S2/c1-4-6-20-8-10-21(11-9-20)27(32)25(18-30)29-31(22-12-14-23(15-13-22)34-5-2)28(33)26(36-29)17-24-16-7-19(3)35-24/h7-17H,4-6H2,1-3H3/b26-17-,29-25+. The number of carbonyl (C=O) groups is 1. The highest BCUT2D eigenvalue weighted by Crippen LogP contribution is 2.17. The molecule has 4 aromatic rings. The molecule has 2 aromatic carbocycles. The number of ether oxygens (including phenoxy) is 1. The third-order valence-electron chi connectivity index (χ3n) is 5.57. The summed E-state index contributed by atoms with van der Waals surface area (Å²) in [6.07, 6.45) is 3.75. The molecule has 0 aliphatic carbocycles. The molecule has 0 atom stereocenters. The Morgan fingerprint density at radius 1 is 1.03 bits per heavy atom. The molecule has 2 aromatic heterocycles. The summed E-state index contributed by atoms with van der Waals surface area (Å²) >= 11 is 2.74. The highest BCUT2D eigenvalue weighted by Gasteiger charge is 2.19. The quantitative estimate of drug-likeness (QED) is 0.310. The molecule has 2 heterocycles. The molecular formula is C29H26N2O3S2. The Labute approximate surface area is 217 Å². The van der Waals surface area contributed by atoms with Crippen LogP contribution in [-0.4, -0.2) is 17.0 Å². The minimum Gasteiger partial charge on any atom is -0.494 e. The summed E-state index contributed by atoms with van der Waals surface area (Å²) in [6, 6.07) is 20.4. The number of hydrogen-bond donors (Lipinski definition) is 0. The van der Waals surface area contributed by atoms with Crippen LogP contribution in [-0.2, 0) is 6.42 Å². The van der Waals surface area contributed by atoms with Crippen molar-refractivity contribution in [2.75, 3.05) is 6.61 Å². The van der Waals surface area contributed by atoms with E-state index in [1.165, 1.54) is 4.57 Å². The third kappa shape index (κ3) is 5.40. The van der Waals surface area contributed by atoms with Gasteiger partial charge in [0.2, 0.25) is 5.78 Å². The molecule has 0 amide bonds. The Bertz CT molecular complexity index is 1600. The van der Waals surface area contributed by atoms with Gasteiger partial charge in [-0.15, -0.1) is 22.7 Å². The SMILES string of the molecule is CCCc1ccc(C(=O)/C(C#N)=c2/s/c(=C\c3ccc(C)s3)c(=O)n2-c2ccc(OCC)cc2)cc1. The second-order valence-electron chi connectivity index (χ2n) is 8.19. The van der Waals surface area contributed by atoms with Crippen molar-refractivity contribution in [2.45, 2.75) is 33.6 Å². The first-order valence-electron chi connectivity index (χ1n) is 11.8. The Morgan fingerprint density at radius 2 is 1.75 bits per heavy atom. The number of carbonyl (C=O) groups excluding carboxylic acids is 1. The number of nitrogens with zero attached hydrogens (tertiary/aromatic N) is 2. The average Bonchev–Trinajstić information content (AvgIpc) is 3.43. The smallest absolute Gasteiger partial charge is 0.273 e. The van der Waals surface area contributed by atoms with Crippen LogP contribution >= 0.6 is 22.7 Å². The third-order valence-corrected chi connectivity index (χ3v) is 7.61. The number of Topliss-reactive ketones (excluding diaryl/α,β-unsaturated/α-hetero) is 1. The van der Waals surface area contributed by atoms with Gasteiger partial charge in [-0.25, -0.2) is 0 Å². The Morgan fingerprint density at radius 3 is 2.33 bits per heavy atom. The van der Waals surface area contributed by atoms with Crippen LogP contribution < -0.4 is 19.5 Å². The molecule has 0 aliphatic heterocycles. The van der Waals surface area contributed by atoms with E-state index in [0.717, 1.165) is 39.5 Å². The monoisotopic (exact) mass is 514 g/mol. The van der Waals surface area contributed by atoms with E-state index in [0.29, 0.717) is 32.8 Å². The zero-order valence-electron chi connectivity index (χ0n) is 20.4. The van der Waals surface area contributed by atoms with Crippen LogP contribution in [0.15, 0.2) is 65.5 Å². The van der Waals surface area contributed by atoms with Gasteiger partial charge < -0.3 is 4.74 Å². The second-order valence-corrected chi connectivity index (χ2v) is 10.5. The van der Waals surface area contributed by atoms with E-state index < -0.39 is 5.78 Å². The van der Waals surface area contributed by atoms with Crippen molar-refractivity contribution in [1.82, 2.24) is 4.57 Å². The summed E-state index contributed by atoms with van der Waals surface area (Å²) in [4.78, 5) is 29.1. The van der Waals surface area contributed by atoms with E-state index in [1.54, 1.807) is 47.7 Å². The van der Waals surface area contributed by atoms with Crippen molar-refractivity contribution >= 4 is 40.1 Å². The number of aromatic nitrogens is 1. The molecule has 0 saturated carbocycles. The molecule has 0 N–H and O–H groups in total. The molecule has 0 radical (unpaired) electrons. The zero-order valence-corrected chi connectivity index (χ0v) is 22.0. The first-order chi connectivity index (χ1) is 17.4. The fourth-order valence-electron chi connectivity index (χ4n) is 3.85. The van der Waals surface area contributed by atoms with Gasteiger partial charge in [0.25, 0.3) is 5.56 Å². The summed E-state index contributed by atoms with van der Waals surface area (Å²) in [5, 5.41) is 10.1. The van der Waals surface area contributed by atoms with Crippen molar-refractivity contribution in [3.8, 4) is 17.5 Å². The van der Waals surface area contributed by atoms with Gasteiger partial charge in [0.05, 0.1) is 16.8 Å². The maximum absolute atomic E-state index is 13.6. The lowest BCUT2D eigenvalue weighted by Gasteiger charge is -2.07. The first kappa shape index (κ1) is 25.4. The van der Waals surface area contributed by atoms with Crippen molar-refractivity contribution < 1.29 is 9.53 Å². The molecule has 4 rings (SSSR count). The minimum atomic E-state index is -0.403. The van der Waals surface area contributed by atoms with E-state index in [9.17, 15) is 14.9 Å². The molecule has 36 heavy (non-hydrogen) atoms. The number of benzene rings is 2. The van der Waals surface area contributed by atoms with Crippen molar-refractivity contribution in [1.29, 1.82) is 5.26 Å². The van der Waals surface area contributed by atoms with E-state index in [2.05, 4.69) is 13.0 Å². The molecular weight excluding hydrogens is 488 g/mol. The van der Waals surface area contributed by atoms with Crippen molar-refractivity contribution in [2.24, 2.45) is 0 Å². The van der Waals surface area contributed by atoms with Crippen LogP contribution in [0.4, 0.5) is 0 Å². The van der Waals surface area contributed by atoms with Gasteiger partial charge in [-0.05, 0) is 68.3 Å². The van der Waals surface area contributed by atoms with Gasteiger partial charge in [0.15, 0.2) is 0 Å². The largest absolute Gasteiger partial charge is 0.494 e. The second kappa shape index (κ2) is 11.3. The fraction of sp³-hybridized carbons (Fsp3) is 0.207. The Hall–Kier alpha value is -3.73. The van der Waals surface area contributed by atoms with Crippen molar-refractivity contribution in [3.63, 3.8) is 0 Å². The Balaban J connectivity index is 1.94. The number of ketones is 1. The molecule has 0 aliphatic rings. The number of rotatable bonds is 8. The zero-order chi connectivity index (χ0) is 25.7. The highest BCUT2D eigenvalue weighted by atomic mass is 32.1. The lowest BCUT2D eigenvalue weighted by atomic mass is 10.0. The molecule has 0 fully saturated rings. The van der Waals surface area contributed by atoms with Gasteiger partial charge in [0, 0.05) is 15.3 Å². The molecule has 0 unspecified atom stereocenters. The number of hydrogen-bond acceptors (Lipinski definition) is 6. The highest BCUT2D eigenvalue weighted by molar-refractivity contribution is 7.13. The normalized spacial score (nSPS) is 12.3. The average molecular weight is 515 g/mol. The van der Waals surface area contributed by atoms with Crippen LogP contribution in [0.5, 0.6) is 5.75 Å². The number of aryl methyl sites for hydroxylation is 2. The number of thiazole rings is 1. The predicted molar refractivity (Wildman–Crippen MR) is 147 cm³/mol. The summed E-state index contributed by atoms with van der Waals surface area (Å²) in [7, 11) is 0. The lowest BCUT2D eigenvalue weighted by Crippen LogP contribution is -2.31. The summed E-state index contributed by atoms with van der Waals surface area (Å²) in [5.74, 6) is 0.277. The van der Waals surface area contributed by atoms with Crippen LogP contribution in [0.3, 0.4) is 0 Å².